The summed E-state index contributed by atoms with van der Waals surface area (Å²) in [4.78, 5) is 4.14. The van der Waals surface area contributed by atoms with Crippen molar-refractivity contribution in [2.45, 2.75) is 11.8 Å². The van der Waals surface area contributed by atoms with Crippen LogP contribution in [0.4, 0.5) is 5.69 Å². The smallest absolute Gasteiger partial charge is 0.262 e. The number of anilines is 1. The average molecular weight is 389 g/mol. The molecule has 8 nitrogen and oxygen atoms in total. The number of hydrogen-bond donors (Lipinski definition) is 2. The summed E-state index contributed by atoms with van der Waals surface area (Å²) in [7, 11) is -1.02. The van der Waals surface area contributed by atoms with Crippen LogP contribution in [0.5, 0.6) is 17.2 Å². The minimum atomic E-state index is -3.88. The van der Waals surface area contributed by atoms with Crippen LogP contribution >= 0.6 is 0 Å². The van der Waals surface area contributed by atoms with Gasteiger partial charge in [-0.15, -0.1) is 0 Å². The van der Waals surface area contributed by atoms with Gasteiger partial charge in [-0.1, -0.05) is 0 Å². The van der Waals surface area contributed by atoms with Crippen LogP contribution in [-0.2, 0) is 10.0 Å². The molecule has 0 radical (unpaired) electrons. The Morgan fingerprint density at radius 3 is 2.44 bits per heavy atom. The van der Waals surface area contributed by atoms with E-state index in [9.17, 15) is 13.5 Å². The first-order chi connectivity index (χ1) is 12.8. The number of sulfonamides is 1. The van der Waals surface area contributed by atoms with E-state index in [1.165, 1.54) is 32.4 Å². The number of imidazole rings is 1. The van der Waals surface area contributed by atoms with Crippen molar-refractivity contribution < 1.29 is 23.0 Å². The molecule has 0 aliphatic carbocycles. The van der Waals surface area contributed by atoms with Crippen LogP contribution in [0.2, 0.25) is 0 Å². The Kier molecular flexibility index (Phi) is 4.95. The van der Waals surface area contributed by atoms with Crippen molar-refractivity contribution in [2.75, 3.05) is 18.9 Å². The van der Waals surface area contributed by atoms with E-state index in [4.69, 9.17) is 9.47 Å². The van der Waals surface area contributed by atoms with Crippen molar-refractivity contribution in [3.05, 3.63) is 54.6 Å². The summed E-state index contributed by atoms with van der Waals surface area (Å²) in [6, 6.07) is 8.74. The lowest BCUT2D eigenvalue weighted by atomic mass is 10.2. The maximum absolute atomic E-state index is 12.6. The zero-order chi connectivity index (χ0) is 19.6. The van der Waals surface area contributed by atoms with E-state index < -0.39 is 10.0 Å². The number of nitrogens with one attached hydrogen (secondary N) is 1. The number of phenols is 1. The second-order valence-corrected chi connectivity index (χ2v) is 7.43. The topological polar surface area (TPSA) is 103 Å². The van der Waals surface area contributed by atoms with Gasteiger partial charge in [0.15, 0.2) is 11.5 Å². The first kappa shape index (κ1) is 18.6. The Bertz CT molecular complexity index is 1080. The zero-order valence-corrected chi connectivity index (χ0v) is 15.8. The molecule has 1 aromatic heterocycles. The fraction of sp³-hybridized carbons (Fsp3) is 0.167. The standard InChI is InChI=1S/C18H19N3O5S/c1-12-10-21(11-19-12)15-6-4-13(8-17(15)25-2)20-27(23,24)14-5-7-16(22)18(9-14)26-3/h4-11,20,22H,1-3H3. The number of ether oxygens (including phenoxy) is 2. The van der Waals surface area contributed by atoms with Gasteiger partial charge >= 0.3 is 0 Å². The molecular weight excluding hydrogens is 370 g/mol. The molecule has 0 unspecified atom stereocenters. The second-order valence-electron chi connectivity index (χ2n) is 5.75. The third-order valence-electron chi connectivity index (χ3n) is 3.88. The highest BCUT2D eigenvalue weighted by molar-refractivity contribution is 7.92. The van der Waals surface area contributed by atoms with Crippen molar-refractivity contribution in [3.8, 4) is 22.9 Å². The molecule has 0 spiro atoms. The number of aromatic nitrogens is 2. The van der Waals surface area contributed by atoms with Gasteiger partial charge in [-0.2, -0.15) is 0 Å². The minimum absolute atomic E-state index is 0.0366. The monoisotopic (exact) mass is 389 g/mol. The number of nitrogens with zero attached hydrogens (tertiary/aromatic N) is 2. The first-order valence-electron chi connectivity index (χ1n) is 7.93. The number of rotatable bonds is 6. The number of benzene rings is 2. The summed E-state index contributed by atoms with van der Waals surface area (Å²) >= 11 is 0. The van der Waals surface area contributed by atoms with Crippen molar-refractivity contribution in [3.63, 3.8) is 0 Å². The number of hydrogen-bond acceptors (Lipinski definition) is 6. The van der Waals surface area contributed by atoms with Crippen LogP contribution in [0.1, 0.15) is 5.69 Å². The SMILES string of the molecule is COc1cc(S(=O)(=O)Nc2ccc(-n3cnc(C)c3)c(OC)c2)ccc1O. The molecule has 0 bridgehead atoms. The quantitative estimate of drug-likeness (QED) is 0.672. The molecule has 3 rings (SSSR count). The molecule has 3 aromatic rings. The summed E-state index contributed by atoms with van der Waals surface area (Å²) in [5.74, 6) is 0.412. The molecule has 0 amide bonds. The maximum Gasteiger partial charge on any atom is 0.262 e. The molecule has 1 heterocycles. The van der Waals surface area contributed by atoms with E-state index in [1.54, 1.807) is 29.1 Å². The van der Waals surface area contributed by atoms with Crippen molar-refractivity contribution in [1.29, 1.82) is 0 Å². The summed E-state index contributed by atoms with van der Waals surface area (Å²) in [6.07, 6.45) is 3.49. The van der Waals surface area contributed by atoms with E-state index in [2.05, 4.69) is 9.71 Å². The van der Waals surface area contributed by atoms with Crippen LogP contribution in [-0.4, -0.2) is 37.3 Å². The van der Waals surface area contributed by atoms with Crippen LogP contribution in [0, 0.1) is 6.92 Å². The predicted molar refractivity (Wildman–Crippen MR) is 100 cm³/mol. The average Bonchev–Trinajstić information content (AvgIpc) is 3.07. The van der Waals surface area contributed by atoms with Crippen LogP contribution in [0.15, 0.2) is 53.8 Å². The van der Waals surface area contributed by atoms with Gasteiger partial charge in [-0.25, -0.2) is 13.4 Å². The largest absolute Gasteiger partial charge is 0.504 e. The van der Waals surface area contributed by atoms with Gasteiger partial charge in [0.2, 0.25) is 0 Å². The molecule has 27 heavy (non-hydrogen) atoms. The molecule has 9 heteroatoms. The van der Waals surface area contributed by atoms with Gasteiger partial charge in [0.25, 0.3) is 10.0 Å². The highest BCUT2D eigenvalue weighted by Gasteiger charge is 2.18. The third kappa shape index (κ3) is 3.82. The number of aryl methyl sites for hydroxylation is 1. The molecule has 2 aromatic carbocycles. The van der Waals surface area contributed by atoms with Crippen LogP contribution < -0.4 is 14.2 Å². The van der Waals surface area contributed by atoms with Gasteiger partial charge in [-0.3, -0.25) is 4.72 Å². The van der Waals surface area contributed by atoms with E-state index in [0.29, 0.717) is 11.4 Å². The molecule has 0 saturated heterocycles. The Balaban J connectivity index is 1.93. The molecule has 142 valence electrons. The summed E-state index contributed by atoms with van der Waals surface area (Å²) < 4.78 is 39.9. The predicted octanol–water partition coefficient (Wildman–Crippen LogP) is 2.70. The lowest BCUT2D eigenvalue weighted by Gasteiger charge is -2.13. The van der Waals surface area contributed by atoms with E-state index in [1.807, 2.05) is 13.1 Å². The molecule has 2 N–H and O–H groups in total. The van der Waals surface area contributed by atoms with Crippen LogP contribution in [0.25, 0.3) is 5.69 Å². The second kappa shape index (κ2) is 7.20. The van der Waals surface area contributed by atoms with Gasteiger partial charge in [-0.05, 0) is 31.2 Å². The number of phenolic OH excluding ortho intramolecular Hbond substituents is 1. The fourth-order valence-electron chi connectivity index (χ4n) is 2.55. The molecule has 0 atom stereocenters. The van der Waals surface area contributed by atoms with Gasteiger partial charge in [0, 0.05) is 18.3 Å². The van der Waals surface area contributed by atoms with Crippen molar-refractivity contribution in [2.24, 2.45) is 0 Å². The lowest BCUT2D eigenvalue weighted by Crippen LogP contribution is -2.13. The zero-order valence-electron chi connectivity index (χ0n) is 15.0. The Morgan fingerprint density at radius 1 is 1.07 bits per heavy atom. The van der Waals surface area contributed by atoms with Crippen molar-refractivity contribution >= 4 is 15.7 Å². The van der Waals surface area contributed by atoms with Gasteiger partial charge in [0.1, 0.15) is 5.75 Å². The fourth-order valence-corrected chi connectivity index (χ4v) is 3.61. The Morgan fingerprint density at radius 2 is 1.81 bits per heavy atom. The molecule has 0 fully saturated rings. The van der Waals surface area contributed by atoms with E-state index >= 15 is 0 Å². The number of aromatic hydroxyl groups is 1. The Labute approximate surface area is 157 Å². The highest BCUT2D eigenvalue weighted by atomic mass is 32.2. The molecule has 0 saturated carbocycles. The maximum atomic E-state index is 12.6. The van der Waals surface area contributed by atoms with Crippen LogP contribution in [0.3, 0.4) is 0 Å². The Hall–Kier alpha value is -3.20. The first-order valence-corrected chi connectivity index (χ1v) is 9.41. The molecular formula is C18H19N3O5S. The van der Waals surface area contributed by atoms with Crippen molar-refractivity contribution in [1.82, 2.24) is 9.55 Å². The molecule has 0 aliphatic rings. The summed E-state index contributed by atoms with van der Waals surface area (Å²) in [5, 5.41) is 9.64. The van der Waals surface area contributed by atoms with E-state index in [-0.39, 0.29) is 16.4 Å². The minimum Gasteiger partial charge on any atom is -0.504 e. The van der Waals surface area contributed by atoms with Gasteiger partial charge < -0.3 is 19.1 Å². The summed E-state index contributed by atoms with van der Waals surface area (Å²) in [5.41, 5.74) is 1.91. The highest BCUT2D eigenvalue weighted by Crippen LogP contribution is 2.31. The normalized spacial score (nSPS) is 11.2. The third-order valence-corrected chi connectivity index (χ3v) is 5.26. The molecule has 0 aliphatic heterocycles. The summed E-state index contributed by atoms with van der Waals surface area (Å²) in [6.45, 7) is 1.87. The van der Waals surface area contributed by atoms with Gasteiger partial charge in [0.05, 0.1) is 42.5 Å². The number of methoxy groups -OCH3 is 2. The lowest BCUT2D eigenvalue weighted by molar-refractivity contribution is 0.372. The van der Waals surface area contributed by atoms with E-state index in [0.717, 1.165) is 11.4 Å².